The van der Waals surface area contributed by atoms with Gasteiger partial charge < -0.3 is 9.64 Å². The Balaban J connectivity index is 2.29. The summed E-state index contributed by atoms with van der Waals surface area (Å²) in [7, 11) is 0. The van der Waals surface area contributed by atoms with Crippen molar-refractivity contribution in [2.24, 2.45) is 0 Å². The molecule has 16 heavy (non-hydrogen) atoms. The molecule has 1 atom stereocenters. The number of carbonyl (C=O) groups excluding carboxylic acids is 2. The summed E-state index contributed by atoms with van der Waals surface area (Å²) >= 11 is 0. The van der Waals surface area contributed by atoms with Crippen molar-refractivity contribution >= 4 is 11.9 Å². The summed E-state index contributed by atoms with van der Waals surface area (Å²) in [5.41, 5.74) is -0.708. The lowest BCUT2D eigenvalue weighted by molar-refractivity contribution is -0.167. The molecule has 0 unspecified atom stereocenters. The summed E-state index contributed by atoms with van der Waals surface area (Å²) < 4.78 is 5.12. The van der Waals surface area contributed by atoms with E-state index in [1.807, 2.05) is 12.2 Å². The van der Waals surface area contributed by atoms with Crippen molar-refractivity contribution in [1.82, 2.24) is 4.90 Å². The van der Waals surface area contributed by atoms with Gasteiger partial charge in [-0.2, -0.15) is 0 Å². The van der Waals surface area contributed by atoms with Gasteiger partial charge in [0.15, 0.2) is 0 Å². The highest BCUT2D eigenvalue weighted by Crippen LogP contribution is 2.35. The van der Waals surface area contributed by atoms with Crippen LogP contribution in [0.3, 0.4) is 0 Å². The van der Waals surface area contributed by atoms with E-state index in [9.17, 15) is 9.59 Å². The highest BCUT2D eigenvalue weighted by atomic mass is 16.5. The number of hydrogen-bond donors (Lipinski definition) is 0. The highest BCUT2D eigenvalue weighted by Gasteiger charge is 2.49. The number of carbonyl (C=O) groups is 2. The van der Waals surface area contributed by atoms with E-state index in [4.69, 9.17) is 4.74 Å². The molecule has 2 aliphatic heterocycles. The number of amides is 1. The molecule has 2 aliphatic rings. The summed E-state index contributed by atoms with van der Waals surface area (Å²) in [5, 5.41) is 0. The first-order chi connectivity index (χ1) is 7.70. The number of piperidine rings is 1. The first-order valence-electron chi connectivity index (χ1n) is 5.83. The zero-order chi connectivity index (χ0) is 11.6. The number of nitrogens with zero attached hydrogens (tertiary/aromatic N) is 1. The van der Waals surface area contributed by atoms with E-state index in [0.29, 0.717) is 26.0 Å². The second-order valence-corrected chi connectivity index (χ2v) is 4.29. The Morgan fingerprint density at radius 3 is 3.12 bits per heavy atom. The number of esters is 1. The predicted octanol–water partition coefficient (Wildman–Crippen LogP) is 1.26. The third-order valence-corrected chi connectivity index (χ3v) is 3.36. The van der Waals surface area contributed by atoms with Crippen molar-refractivity contribution in [3.8, 4) is 0 Å². The summed E-state index contributed by atoms with van der Waals surface area (Å²) in [6.07, 6.45) is 6.57. The molecule has 0 aliphatic carbocycles. The van der Waals surface area contributed by atoms with Crippen LogP contribution in [0.2, 0.25) is 0 Å². The molecule has 0 aromatic carbocycles. The maximum absolute atomic E-state index is 12.0. The molecule has 0 radical (unpaired) electrons. The van der Waals surface area contributed by atoms with Gasteiger partial charge in [-0.3, -0.25) is 4.79 Å². The van der Waals surface area contributed by atoms with Gasteiger partial charge in [0.2, 0.25) is 5.91 Å². The van der Waals surface area contributed by atoms with Gasteiger partial charge >= 0.3 is 5.97 Å². The van der Waals surface area contributed by atoms with Crippen LogP contribution >= 0.6 is 0 Å². The van der Waals surface area contributed by atoms with Crippen LogP contribution in [0.5, 0.6) is 0 Å². The van der Waals surface area contributed by atoms with E-state index >= 15 is 0 Å². The summed E-state index contributed by atoms with van der Waals surface area (Å²) in [6, 6.07) is 0. The van der Waals surface area contributed by atoms with Gasteiger partial charge in [0.25, 0.3) is 0 Å². The fourth-order valence-electron chi connectivity index (χ4n) is 2.55. The van der Waals surface area contributed by atoms with Gasteiger partial charge in [-0.25, -0.2) is 4.79 Å². The standard InChI is InChI=1S/C12H17NO3/c1-2-16-11(15)12-7-3-4-9-13(12)10(14)6-5-8-12/h3-4H,2,5-9H2,1H3/t12-/m1/s1. The van der Waals surface area contributed by atoms with E-state index in [0.717, 1.165) is 12.8 Å². The van der Waals surface area contributed by atoms with Gasteiger partial charge in [0.05, 0.1) is 6.61 Å². The molecule has 0 aromatic rings. The number of rotatable bonds is 2. The van der Waals surface area contributed by atoms with Crippen LogP contribution in [-0.4, -0.2) is 35.5 Å². The third-order valence-electron chi connectivity index (χ3n) is 3.36. The molecular weight excluding hydrogens is 206 g/mol. The Labute approximate surface area is 95.2 Å². The fourth-order valence-corrected chi connectivity index (χ4v) is 2.55. The van der Waals surface area contributed by atoms with Crippen molar-refractivity contribution < 1.29 is 14.3 Å². The molecule has 88 valence electrons. The molecule has 0 bridgehead atoms. The Morgan fingerprint density at radius 2 is 2.38 bits per heavy atom. The number of fused-ring (bicyclic) bond motifs is 1. The van der Waals surface area contributed by atoms with Gasteiger partial charge in [0.1, 0.15) is 5.54 Å². The molecule has 1 amide bonds. The van der Waals surface area contributed by atoms with Crippen LogP contribution in [0.25, 0.3) is 0 Å². The second-order valence-electron chi connectivity index (χ2n) is 4.29. The number of ether oxygens (including phenoxy) is 1. The Bertz CT molecular complexity index is 337. The molecule has 4 heteroatoms. The fraction of sp³-hybridized carbons (Fsp3) is 0.667. The maximum Gasteiger partial charge on any atom is 0.332 e. The first-order valence-corrected chi connectivity index (χ1v) is 5.83. The van der Waals surface area contributed by atoms with Gasteiger partial charge in [-0.05, 0) is 26.2 Å². The predicted molar refractivity (Wildman–Crippen MR) is 58.7 cm³/mol. The van der Waals surface area contributed by atoms with Crippen LogP contribution in [0, 0.1) is 0 Å². The Kier molecular flexibility index (Phi) is 2.99. The Hall–Kier alpha value is -1.32. The van der Waals surface area contributed by atoms with Gasteiger partial charge in [-0.15, -0.1) is 0 Å². The lowest BCUT2D eigenvalue weighted by Crippen LogP contribution is -2.60. The third kappa shape index (κ3) is 1.62. The molecule has 0 N–H and O–H groups in total. The SMILES string of the molecule is CCOC(=O)[C@]12CC=CCN1C(=O)CCC2. The van der Waals surface area contributed by atoms with Gasteiger partial charge in [-0.1, -0.05) is 12.2 Å². The summed E-state index contributed by atoms with van der Waals surface area (Å²) in [5.74, 6) is -0.170. The topological polar surface area (TPSA) is 46.6 Å². The van der Waals surface area contributed by atoms with Crippen molar-refractivity contribution in [3.63, 3.8) is 0 Å². The average molecular weight is 223 g/mol. The molecule has 2 heterocycles. The normalized spacial score (nSPS) is 28.8. The highest BCUT2D eigenvalue weighted by molar-refractivity contribution is 5.90. The minimum atomic E-state index is -0.708. The lowest BCUT2D eigenvalue weighted by atomic mass is 9.81. The molecule has 1 fully saturated rings. The molecule has 2 rings (SSSR count). The minimum absolute atomic E-state index is 0.0728. The molecule has 0 aromatic heterocycles. The molecule has 0 spiro atoms. The van der Waals surface area contributed by atoms with Crippen LogP contribution in [0.4, 0.5) is 0 Å². The van der Waals surface area contributed by atoms with Crippen molar-refractivity contribution in [3.05, 3.63) is 12.2 Å². The average Bonchev–Trinajstić information content (AvgIpc) is 2.30. The van der Waals surface area contributed by atoms with E-state index < -0.39 is 5.54 Å². The molecule has 0 saturated carbocycles. The maximum atomic E-state index is 12.0. The molecule has 1 saturated heterocycles. The smallest absolute Gasteiger partial charge is 0.332 e. The van der Waals surface area contributed by atoms with Gasteiger partial charge in [0, 0.05) is 13.0 Å². The summed E-state index contributed by atoms with van der Waals surface area (Å²) in [6.45, 7) is 2.70. The first kappa shape index (κ1) is 11.2. The van der Waals surface area contributed by atoms with E-state index in [2.05, 4.69) is 0 Å². The Morgan fingerprint density at radius 1 is 1.56 bits per heavy atom. The zero-order valence-electron chi connectivity index (χ0n) is 9.57. The van der Waals surface area contributed by atoms with Crippen molar-refractivity contribution in [2.45, 2.75) is 38.1 Å². The van der Waals surface area contributed by atoms with Crippen LogP contribution < -0.4 is 0 Å². The van der Waals surface area contributed by atoms with E-state index in [-0.39, 0.29) is 11.9 Å². The zero-order valence-corrected chi connectivity index (χ0v) is 9.57. The lowest BCUT2D eigenvalue weighted by Gasteiger charge is -2.45. The van der Waals surface area contributed by atoms with E-state index in [1.54, 1.807) is 11.8 Å². The van der Waals surface area contributed by atoms with Crippen molar-refractivity contribution in [2.75, 3.05) is 13.2 Å². The number of hydrogen-bond acceptors (Lipinski definition) is 3. The molecule has 4 nitrogen and oxygen atoms in total. The van der Waals surface area contributed by atoms with Crippen LogP contribution in [-0.2, 0) is 14.3 Å². The monoisotopic (exact) mass is 223 g/mol. The molecular formula is C12H17NO3. The van der Waals surface area contributed by atoms with Crippen LogP contribution in [0.15, 0.2) is 12.2 Å². The largest absolute Gasteiger partial charge is 0.464 e. The van der Waals surface area contributed by atoms with E-state index in [1.165, 1.54) is 0 Å². The summed E-state index contributed by atoms with van der Waals surface area (Å²) in [4.78, 5) is 25.6. The minimum Gasteiger partial charge on any atom is -0.464 e. The van der Waals surface area contributed by atoms with Crippen molar-refractivity contribution in [1.29, 1.82) is 0 Å². The van der Waals surface area contributed by atoms with Crippen LogP contribution in [0.1, 0.15) is 32.6 Å². The quantitative estimate of drug-likeness (QED) is 0.523. The second kappa shape index (κ2) is 4.28.